The molecule has 2 amide bonds. The summed E-state index contributed by atoms with van der Waals surface area (Å²) in [7, 11) is 1.65. The van der Waals surface area contributed by atoms with Crippen LogP contribution in [0.15, 0.2) is 54.7 Å². The van der Waals surface area contributed by atoms with Crippen molar-refractivity contribution in [1.29, 1.82) is 0 Å². The Bertz CT molecular complexity index is 1270. The first-order valence-corrected chi connectivity index (χ1v) is 11.6. The zero-order chi connectivity index (χ0) is 25.9. The summed E-state index contributed by atoms with van der Waals surface area (Å²) >= 11 is 0. The topological polar surface area (TPSA) is 83.6 Å². The molecule has 3 aromatic rings. The number of nitrogens with one attached hydrogen (secondary N) is 2. The SMILES string of the molecule is CNC(C)C(=O)NC1CCc2ccccc2N(Cc2c(OCC(F)(F)F)cnc3ccccc23)C1=O.Cl. The number of fused-ring (bicyclic) bond motifs is 2. The lowest BCUT2D eigenvalue weighted by molar-refractivity contribution is -0.153. The van der Waals surface area contributed by atoms with E-state index in [0.717, 1.165) is 5.56 Å². The van der Waals surface area contributed by atoms with Crippen molar-refractivity contribution in [3.63, 3.8) is 0 Å². The zero-order valence-corrected chi connectivity index (χ0v) is 21.2. The second-order valence-corrected chi connectivity index (χ2v) is 8.69. The van der Waals surface area contributed by atoms with Crippen LogP contribution in [0.2, 0.25) is 0 Å². The van der Waals surface area contributed by atoms with Gasteiger partial charge in [-0.3, -0.25) is 14.6 Å². The molecule has 1 aromatic heterocycles. The van der Waals surface area contributed by atoms with Crippen LogP contribution in [0, 0.1) is 0 Å². The molecule has 0 spiro atoms. The summed E-state index contributed by atoms with van der Waals surface area (Å²) < 4.78 is 44.1. The summed E-state index contributed by atoms with van der Waals surface area (Å²) in [5.41, 5.74) is 2.52. The van der Waals surface area contributed by atoms with Crippen molar-refractivity contribution in [2.45, 2.75) is 44.6 Å². The number of anilines is 1. The maximum Gasteiger partial charge on any atom is 0.422 e. The highest BCUT2D eigenvalue weighted by Crippen LogP contribution is 2.34. The Hall–Kier alpha value is -3.37. The van der Waals surface area contributed by atoms with Gasteiger partial charge in [0.15, 0.2) is 6.61 Å². The molecule has 2 heterocycles. The number of carbonyl (C=O) groups excluding carboxylic acids is 2. The number of alkyl halides is 3. The average Bonchev–Trinajstić information content (AvgIpc) is 2.99. The number of likely N-dealkylation sites (N-methyl/N-ethyl adjacent to an activating group) is 1. The van der Waals surface area contributed by atoms with E-state index in [0.29, 0.717) is 35.0 Å². The average molecular weight is 537 g/mol. The maximum atomic E-state index is 13.8. The fraction of sp³-hybridized carbons (Fsp3) is 0.346. The van der Waals surface area contributed by atoms with E-state index >= 15 is 0 Å². The fourth-order valence-corrected chi connectivity index (χ4v) is 4.23. The standard InChI is InChI=1S/C26H27F3N4O3.ClH/c1-16(30-2)24(34)32-21-12-11-17-7-3-6-10-22(17)33(25(21)35)14-19-18-8-4-5-9-20(18)31-13-23(19)36-15-26(27,28)29;/h3-10,13,16,21,30H,11-12,14-15H2,1-2H3,(H,32,34);1H. The molecule has 0 fully saturated rings. The van der Waals surface area contributed by atoms with Crippen LogP contribution in [-0.2, 0) is 22.6 Å². The van der Waals surface area contributed by atoms with Gasteiger partial charge in [0, 0.05) is 16.6 Å². The number of benzene rings is 2. The highest BCUT2D eigenvalue weighted by atomic mass is 35.5. The smallest absolute Gasteiger partial charge is 0.422 e. The van der Waals surface area contributed by atoms with Gasteiger partial charge in [-0.05, 0) is 44.5 Å². The fourth-order valence-electron chi connectivity index (χ4n) is 4.23. The summed E-state index contributed by atoms with van der Waals surface area (Å²) in [6.07, 6.45) is -2.34. The number of aromatic nitrogens is 1. The number of nitrogens with zero attached hydrogens (tertiary/aromatic N) is 2. The lowest BCUT2D eigenvalue weighted by Crippen LogP contribution is -2.52. The van der Waals surface area contributed by atoms with E-state index in [1.165, 1.54) is 11.1 Å². The number of rotatable bonds is 7. The van der Waals surface area contributed by atoms with E-state index < -0.39 is 24.9 Å². The molecular formula is C26H28ClF3N4O3. The van der Waals surface area contributed by atoms with Crippen LogP contribution in [0.1, 0.15) is 24.5 Å². The Morgan fingerprint density at radius 2 is 1.89 bits per heavy atom. The molecule has 7 nitrogen and oxygen atoms in total. The number of ether oxygens (including phenoxy) is 1. The minimum Gasteiger partial charge on any atom is -0.482 e. The van der Waals surface area contributed by atoms with Crippen LogP contribution in [0.4, 0.5) is 18.9 Å². The molecule has 0 radical (unpaired) electrons. The molecule has 2 aromatic carbocycles. The third-order valence-corrected chi connectivity index (χ3v) is 6.25. The second-order valence-electron chi connectivity index (χ2n) is 8.69. The number of amides is 2. The maximum absolute atomic E-state index is 13.8. The van der Waals surface area contributed by atoms with Gasteiger partial charge in [0.2, 0.25) is 11.8 Å². The van der Waals surface area contributed by atoms with E-state index in [4.69, 9.17) is 4.74 Å². The first-order valence-electron chi connectivity index (χ1n) is 11.6. The number of halogens is 4. The molecule has 1 aliphatic heterocycles. The van der Waals surface area contributed by atoms with Gasteiger partial charge >= 0.3 is 6.18 Å². The van der Waals surface area contributed by atoms with Gasteiger partial charge < -0.3 is 20.3 Å². The summed E-state index contributed by atoms with van der Waals surface area (Å²) in [6, 6.07) is 13.1. The van der Waals surface area contributed by atoms with E-state index in [2.05, 4.69) is 15.6 Å². The van der Waals surface area contributed by atoms with Gasteiger partial charge in [-0.25, -0.2) is 0 Å². The summed E-state index contributed by atoms with van der Waals surface area (Å²) in [6.45, 7) is 0.154. The number of hydrogen-bond donors (Lipinski definition) is 2. The first kappa shape index (κ1) is 28.2. The second kappa shape index (κ2) is 11.8. The molecule has 0 saturated heterocycles. The number of hydrogen-bond acceptors (Lipinski definition) is 5. The van der Waals surface area contributed by atoms with Crippen LogP contribution in [0.25, 0.3) is 10.9 Å². The van der Waals surface area contributed by atoms with Crippen LogP contribution in [-0.4, -0.2) is 48.7 Å². The Balaban J connectivity index is 0.00000380. The largest absolute Gasteiger partial charge is 0.482 e. The lowest BCUT2D eigenvalue weighted by atomic mass is 10.1. The highest BCUT2D eigenvalue weighted by molar-refractivity contribution is 6.01. The van der Waals surface area contributed by atoms with Gasteiger partial charge in [0.1, 0.15) is 11.8 Å². The third kappa shape index (κ3) is 6.50. The number of carbonyl (C=O) groups is 2. The van der Waals surface area contributed by atoms with Crippen molar-refractivity contribution in [2.75, 3.05) is 18.6 Å². The Kier molecular flexibility index (Phi) is 8.98. The molecule has 198 valence electrons. The summed E-state index contributed by atoms with van der Waals surface area (Å²) in [4.78, 5) is 32.1. The van der Waals surface area contributed by atoms with Crippen molar-refractivity contribution < 1.29 is 27.5 Å². The molecule has 11 heteroatoms. The first-order chi connectivity index (χ1) is 17.2. The van der Waals surface area contributed by atoms with Crippen molar-refractivity contribution in [1.82, 2.24) is 15.6 Å². The minimum atomic E-state index is -4.53. The quantitative estimate of drug-likeness (QED) is 0.473. The molecule has 1 aliphatic rings. The predicted octanol–water partition coefficient (Wildman–Crippen LogP) is 4.17. The van der Waals surface area contributed by atoms with Gasteiger partial charge in [-0.1, -0.05) is 36.4 Å². The number of pyridine rings is 1. The van der Waals surface area contributed by atoms with E-state index in [9.17, 15) is 22.8 Å². The van der Waals surface area contributed by atoms with Crippen molar-refractivity contribution in [3.8, 4) is 5.75 Å². The Morgan fingerprint density at radius 1 is 1.19 bits per heavy atom. The molecular weight excluding hydrogens is 509 g/mol. The molecule has 0 bridgehead atoms. The molecule has 2 atom stereocenters. The Labute approximate surface area is 218 Å². The Morgan fingerprint density at radius 3 is 2.62 bits per heavy atom. The van der Waals surface area contributed by atoms with E-state index in [-0.39, 0.29) is 36.5 Å². The number of para-hydroxylation sites is 2. The van der Waals surface area contributed by atoms with Crippen LogP contribution in [0.3, 0.4) is 0 Å². The van der Waals surface area contributed by atoms with Gasteiger partial charge in [0.25, 0.3) is 0 Å². The lowest BCUT2D eigenvalue weighted by Gasteiger charge is -2.28. The third-order valence-electron chi connectivity index (χ3n) is 6.25. The van der Waals surface area contributed by atoms with E-state index in [1.54, 1.807) is 50.4 Å². The minimum absolute atomic E-state index is 0. The molecule has 4 rings (SSSR count). The van der Waals surface area contributed by atoms with Crippen LogP contribution >= 0.6 is 12.4 Å². The number of aryl methyl sites for hydroxylation is 1. The van der Waals surface area contributed by atoms with Gasteiger partial charge in [-0.15, -0.1) is 12.4 Å². The normalized spacial score (nSPS) is 16.4. The van der Waals surface area contributed by atoms with Crippen LogP contribution in [0.5, 0.6) is 5.75 Å². The zero-order valence-electron chi connectivity index (χ0n) is 20.3. The molecule has 2 N–H and O–H groups in total. The van der Waals surface area contributed by atoms with Crippen LogP contribution < -0.4 is 20.3 Å². The predicted molar refractivity (Wildman–Crippen MR) is 137 cm³/mol. The summed E-state index contributed by atoms with van der Waals surface area (Å²) in [5, 5.41) is 6.26. The van der Waals surface area contributed by atoms with Gasteiger partial charge in [-0.2, -0.15) is 13.2 Å². The van der Waals surface area contributed by atoms with Crippen molar-refractivity contribution >= 4 is 40.8 Å². The molecule has 0 aliphatic carbocycles. The van der Waals surface area contributed by atoms with Gasteiger partial charge in [0.05, 0.1) is 24.3 Å². The molecule has 0 saturated carbocycles. The van der Waals surface area contributed by atoms with Crippen molar-refractivity contribution in [3.05, 3.63) is 65.9 Å². The van der Waals surface area contributed by atoms with E-state index in [1.807, 2.05) is 12.1 Å². The molecule has 37 heavy (non-hydrogen) atoms. The highest BCUT2D eigenvalue weighted by Gasteiger charge is 2.34. The summed E-state index contributed by atoms with van der Waals surface area (Å²) in [5.74, 6) is -0.713. The monoisotopic (exact) mass is 536 g/mol. The van der Waals surface area contributed by atoms with Crippen molar-refractivity contribution in [2.24, 2.45) is 0 Å². The molecule has 2 unspecified atom stereocenters.